The van der Waals surface area contributed by atoms with Crippen molar-refractivity contribution in [3.05, 3.63) is 0 Å². The monoisotopic (exact) mass is 163 g/mol. The number of nitrogens with two attached hydrogens (primary N) is 1. The van der Waals surface area contributed by atoms with E-state index < -0.39 is 6.09 Å². The van der Waals surface area contributed by atoms with Crippen LogP contribution in [0.4, 0.5) is 4.79 Å². The van der Waals surface area contributed by atoms with Gasteiger partial charge in [0.05, 0.1) is 7.11 Å². The van der Waals surface area contributed by atoms with Crippen LogP contribution in [-0.4, -0.2) is 36.4 Å². The molecule has 0 spiro atoms. The lowest BCUT2D eigenvalue weighted by molar-refractivity contribution is -0.0477. The second-order valence-electron chi connectivity index (χ2n) is 1.39. The molecule has 0 unspecified atom stereocenters. The first-order valence-corrected chi connectivity index (χ1v) is 2.57. The molecule has 64 valence electrons. The number of carbonyl (C=O) groups is 1. The maximum absolute atomic E-state index is 10.2. The molecule has 0 atom stereocenters. The molecule has 0 saturated carbocycles. The predicted octanol–water partition coefficient (Wildman–Crippen LogP) is -0.596. The van der Waals surface area contributed by atoms with Crippen LogP contribution >= 0.6 is 0 Å². The molecule has 0 heterocycles. The zero-order valence-electron chi connectivity index (χ0n) is 6.14. The molecule has 7 nitrogen and oxygen atoms in total. The summed E-state index contributed by atoms with van der Waals surface area (Å²) in [6.45, 7) is 0. The Labute approximate surface area is 62.9 Å². The van der Waals surface area contributed by atoms with Gasteiger partial charge in [0.1, 0.15) is 7.11 Å². The van der Waals surface area contributed by atoms with E-state index in [0.29, 0.717) is 5.06 Å². The summed E-state index contributed by atoms with van der Waals surface area (Å²) < 4.78 is 0. The van der Waals surface area contributed by atoms with Crippen LogP contribution in [0.15, 0.2) is 5.16 Å². The molecule has 0 aliphatic heterocycles. The molecular weight excluding hydrogens is 154 g/mol. The zero-order valence-corrected chi connectivity index (χ0v) is 6.14. The molecule has 0 saturated heterocycles. The van der Waals surface area contributed by atoms with Gasteiger partial charge in [-0.3, -0.25) is 4.84 Å². The summed E-state index contributed by atoms with van der Waals surface area (Å²) in [7, 11) is 2.38. The number of guanidine groups is 1. The summed E-state index contributed by atoms with van der Waals surface area (Å²) in [5, 5.41) is 11.9. The number of oxime groups is 1. The maximum Gasteiger partial charge on any atom is 0.439 e. The van der Waals surface area contributed by atoms with E-state index in [1.807, 2.05) is 0 Å². The van der Waals surface area contributed by atoms with Crippen molar-refractivity contribution in [1.29, 1.82) is 0 Å². The van der Waals surface area contributed by atoms with Crippen LogP contribution in [0.1, 0.15) is 0 Å². The van der Waals surface area contributed by atoms with Crippen molar-refractivity contribution in [2.75, 3.05) is 14.2 Å². The third-order valence-corrected chi connectivity index (χ3v) is 0.749. The van der Waals surface area contributed by atoms with Gasteiger partial charge in [0, 0.05) is 0 Å². The van der Waals surface area contributed by atoms with Gasteiger partial charge in [-0.25, -0.2) is 4.79 Å². The Balaban J connectivity index is 4.25. The Morgan fingerprint density at radius 2 is 2.18 bits per heavy atom. The third kappa shape index (κ3) is 2.72. The van der Waals surface area contributed by atoms with Crippen molar-refractivity contribution in [1.82, 2.24) is 5.06 Å². The first kappa shape index (κ1) is 9.50. The van der Waals surface area contributed by atoms with Crippen molar-refractivity contribution < 1.29 is 19.6 Å². The summed E-state index contributed by atoms with van der Waals surface area (Å²) in [5.74, 6) is -0.387. The Kier molecular flexibility index (Phi) is 3.75. The van der Waals surface area contributed by atoms with E-state index in [2.05, 4.69) is 14.8 Å². The first-order valence-electron chi connectivity index (χ1n) is 2.57. The van der Waals surface area contributed by atoms with Crippen molar-refractivity contribution >= 4 is 12.1 Å². The molecule has 11 heavy (non-hydrogen) atoms. The molecule has 1 amide bonds. The van der Waals surface area contributed by atoms with Crippen molar-refractivity contribution in [3.63, 3.8) is 0 Å². The number of hydrogen-bond donors (Lipinski definition) is 2. The predicted molar refractivity (Wildman–Crippen MR) is 35.5 cm³/mol. The van der Waals surface area contributed by atoms with Gasteiger partial charge in [0.15, 0.2) is 0 Å². The lowest BCUT2D eigenvalue weighted by Crippen LogP contribution is -2.40. The SMILES string of the molecule is CON=C(N)N(OC)C(=O)O. The van der Waals surface area contributed by atoms with E-state index >= 15 is 0 Å². The highest BCUT2D eigenvalue weighted by molar-refractivity contribution is 5.90. The van der Waals surface area contributed by atoms with Crippen LogP contribution in [0.25, 0.3) is 0 Å². The largest absolute Gasteiger partial charge is 0.463 e. The van der Waals surface area contributed by atoms with Crippen LogP contribution in [0.3, 0.4) is 0 Å². The highest BCUT2D eigenvalue weighted by Crippen LogP contribution is 1.88. The van der Waals surface area contributed by atoms with Crippen LogP contribution in [0.2, 0.25) is 0 Å². The topological polar surface area (TPSA) is 97.4 Å². The summed E-state index contributed by atoms with van der Waals surface area (Å²) in [6, 6.07) is 0. The molecule has 0 rings (SSSR count). The maximum atomic E-state index is 10.2. The fourth-order valence-corrected chi connectivity index (χ4v) is 0.400. The third-order valence-electron chi connectivity index (χ3n) is 0.749. The summed E-state index contributed by atoms with van der Waals surface area (Å²) in [4.78, 5) is 18.8. The Morgan fingerprint density at radius 3 is 2.45 bits per heavy atom. The Morgan fingerprint density at radius 1 is 1.64 bits per heavy atom. The zero-order chi connectivity index (χ0) is 8.85. The molecule has 0 bridgehead atoms. The van der Waals surface area contributed by atoms with Gasteiger partial charge in [-0.05, 0) is 5.16 Å². The molecule has 0 aliphatic carbocycles. The number of rotatable bonds is 2. The molecular formula is C4H9N3O4. The van der Waals surface area contributed by atoms with Gasteiger partial charge in [-0.2, -0.15) is 0 Å². The molecule has 0 fully saturated rings. The smallest absolute Gasteiger partial charge is 0.439 e. The lowest BCUT2D eigenvalue weighted by atomic mass is 10.9. The van der Waals surface area contributed by atoms with E-state index in [-0.39, 0.29) is 5.96 Å². The van der Waals surface area contributed by atoms with E-state index in [4.69, 9.17) is 10.8 Å². The second kappa shape index (κ2) is 4.34. The van der Waals surface area contributed by atoms with Crippen LogP contribution in [0, 0.1) is 0 Å². The summed E-state index contributed by atoms with van der Waals surface area (Å²) in [5.41, 5.74) is 5.08. The Hall–Kier alpha value is -1.50. The molecule has 0 aromatic carbocycles. The van der Waals surface area contributed by atoms with Crippen molar-refractivity contribution in [2.45, 2.75) is 0 Å². The molecule has 7 heteroatoms. The molecule has 3 N–H and O–H groups in total. The van der Waals surface area contributed by atoms with Crippen LogP contribution in [0.5, 0.6) is 0 Å². The van der Waals surface area contributed by atoms with Crippen molar-refractivity contribution in [2.24, 2.45) is 10.9 Å². The Bertz CT molecular complexity index is 169. The highest BCUT2D eigenvalue weighted by atomic mass is 16.7. The van der Waals surface area contributed by atoms with E-state index in [9.17, 15) is 4.79 Å². The van der Waals surface area contributed by atoms with Gasteiger partial charge in [-0.15, -0.1) is 5.06 Å². The minimum absolute atomic E-state index is 0.365. The normalized spacial score (nSPS) is 10.9. The fraction of sp³-hybridized carbons (Fsp3) is 0.500. The first-order chi connectivity index (χ1) is 5.13. The fourth-order valence-electron chi connectivity index (χ4n) is 0.400. The number of amides is 1. The van der Waals surface area contributed by atoms with Crippen LogP contribution in [-0.2, 0) is 9.68 Å². The average Bonchev–Trinajstić information content (AvgIpc) is 1.88. The molecule has 0 aliphatic rings. The second-order valence-corrected chi connectivity index (χ2v) is 1.39. The van der Waals surface area contributed by atoms with E-state index in [0.717, 1.165) is 7.11 Å². The molecule has 0 radical (unpaired) electrons. The minimum Gasteiger partial charge on any atom is -0.463 e. The van der Waals surface area contributed by atoms with E-state index in [1.165, 1.54) is 7.11 Å². The van der Waals surface area contributed by atoms with Crippen LogP contribution < -0.4 is 5.73 Å². The number of hydrogen-bond acceptors (Lipinski definition) is 4. The minimum atomic E-state index is -1.37. The van der Waals surface area contributed by atoms with Gasteiger partial charge in [0.2, 0.25) is 0 Å². The number of hydroxylamine groups is 2. The van der Waals surface area contributed by atoms with Gasteiger partial charge >= 0.3 is 6.09 Å². The van der Waals surface area contributed by atoms with Gasteiger partial charge in [0.25, 0.3) is 5.96 Å². The summed E-state index contributed by atoms with van der Waals surface area (Å²) >= 11 is 0. The number of nitrogens with zero attached hydrogens (tertiary/aromatic N) is 2. The molecule has 0 aromatic heterocycles. The molecule has 0 aromatic rings. The quantitative estimate of drug-likeness (QED) is 0.322. The lowest BCUT2D eigenvalue weighted by Gasteiger charge is -2.12. The average molecular weight is 163 g/mol. The van der Waals surface area contributed by atoms with Crippen molar-refractivity contribution in [3.8, 4) is 0 Å². The standard InChI is InChI=1S/C4H9N3O4/c1-10-6-3(5)7(11-2)4(8)9/h1-2H3,(H2,5,6)(H,8,9). The van der Waals surface area contributed by atoms with Gasteiger partial charge < -0.3 is 15.7 Å². The highest BCUT2D eigenvalue weighted by Gasteiger charge is 2.15. The summed E-state index contributed by atoms with van der Waals surface area (Å²) in [6.07, 6.45) is -1.37. The number of carboxylic acid groups (broad SMARTS) is 1. The van der Waals surface area contributed by atoms with E-state index in [1.54, 1.807) is 0 Å². The van der Waals surface area contributed by atoms with Gasteiger partial charge in [-0.1, -0.05) is 0 Å².